The van der Waals surface area contributed by atoms with Gasteiger partial charge in [0.1, 0.15) is 5.75 Å². The summed E-state index contributed by atoms with van der Waals surface area (Å²) in [6.45, 7) is 1.41. The van der Waals surface area contributed by atoms with Crippen molar-refractivity contribution in [3.63, 3.8) is 0 Å². The Kier molecular flexibility index (Phi) is 5.09. The Labute approximate surface area is 162 Å². The lowest BCUT2D eigenvalue weighted by Crippen LogP contribution is -2.37. The van der Waals surface area contributed by atoms with Gasteiger partial charge >= 0.3 is 0 Å². The number of ether oxygens (including phenoxy) is 1. The fourth-order valence-corrected chi connectivity index (χ4v) is 3.23. The minimum atomic E-state index is -0.193. The van der Waals surface area contributed by atoms with E-state index in [1.165, 1.54) is 13.3 Å². The molecule has 4 rings (SSSR count). The minimum Gasteiger partial charge on any atom is -0.496 e. The van der Waals surface area contributed by atoms with E-state index in [-0.39, 0.29) is 11.9 Å². The topological polar surface area (TPSA) is 93.1 Å². The zero-order chi connectivity index (χ0) is 19.3. The molecule has 0 aromatic carbocycles. The third-order valence-electron chi connectivity index (χ3n) is 4.65. The van der Waals surface area contributed by atoms with Crippen molar-refractivity contribution in [1.29, 1.82) is 0 Å². The number of hydrogen-bond acceptors (Lipinski definition) is 7. The first-order valence-corrected chi connectivity index (χ1v) is 9.02. The number of amides is 1. The van der Waals surface area contributed by atoms with E-state index in [4.69, 9.17) is 4.74 Å². The number of pyridine rings is 2. The molecule has 28 heavy (non-hydrogen) atoms. The molecule has 0 aliphatic carbocycles. The fourth-order valence-electron chi connectivity index (χ4n) is 3.23. The van der Waals surface area contributed by atoms with Gasteiger partial charge in [0.25, 0.3) is 5.91 Å². The van der Waals surface area contributed by atoms with Crippen LogP contribution in [0.3, 0.4) is 0 Å². The van der Waals surface area contributed by atoms with Crippen LogP contribution in [-0.4, -0.2) is 52.1 Å². The molecule has 1 aliphatic heterocycles. The third kappa shape index (κ3) is 3.75. The molecule has 1 N–H and O–H groups in total. The van der Waals surface area contributed by atoms with E-state index < -0.39 is 0 Å². The van der Waals surface area contributed by atoms with Gasteiger partial charge in [-0.2, -0.15) is 0 Å². The van der Waals surface area contributed by atoms with Gasteiger partial charge in [-0.1, -0.05) is 0 Å². The van der Waals surface area contributed by atoms with Crippen molar-refractivity contribution in [3.05, 3.63) is 60.8 Å². The molecule has 1 aliphatic rings. The van der Waals surface area contributed by atoms with Crippen LogP contribution in [0, 0.1) is 0 Å². The predicted molar refractivity (Wildman–Crippen MR) is 104 cm³/mol. The molecule has 8 nitrogen and oxygen atoms in total. The number of hydrogen-bond donors (Lipinski definition) is 1. The average molecular weight is 376 g/mol. The van der Waals surface area contributed by atoms with Gasteiger partial charge in [-0.05, 0) is 30.7 Å². The van der Waals surface area contributed by atoms with Gasteiger partial charge in [-0.3, -0.25) is 14.8 Å². The Balaban J connectivity index is 1.44. The van der Waals surface area contributed by atoms with Crippen molar-refractivity contribution in [2.24, 2.45) is 0 Å². The van der Waals surface area contributed by atoms with Gasteiger partial charge in [-0.15, -0.1) is 0 Å². The molecule has 4 heterocycles. The number of methoxy groups -OCH3 is 1. The van der Waals surface area contributed by atoms with E-state index in [1.807, 2.05) is 18.2 Å². The van der Waals surface area contributed by atoms with Gasteiger partial charge < -0.3 is 15.0 Å². The van der Waals surface area contributed by atoms with Crippen LogP contribution in [0.4, 0.5) is 5.95 Å². The highest BCUT2D eigenvalue weighted by atomic mass is 16.5. The molecule has 1 unspecified atom stereocenters. The summed E-state index contributed by atoms with van der Waals surface area (Å²) >= 11 is 0. The molecule has 0 spiro atoms. The van der Waals surface area contributed by atoms with Crippen LogP contribution in [0.15, 0.2) is 55.2 Å². The van der Waals surface area contributed by atoms with Crippen molar-refractivity contribution < 1.29 is 9.53 Å². The monoisotopic (exact) mass is 376 g/mol. The Bertz CT molecular complexity index is 966. The van der Waals surface area contributed by atoms with E-state index in [1.54, 1.807) is 30.9 Å². The Morgan fingerprint density at radius 3 is 2.89 bits per heavy atom. The maximum absolute atomic E-state index is 12.6. The van der Waals surface area contributed by atoms with Gasteiger partial charge in [0, 0.05) is 55.7 Å². The van der Waals surface area contributed by atoms with Crippen LogP contribution in [0.5, 0.6) is 5.75 Å². The highest BCUT2D eigenvalue weighted by molar-refractivity contribution is 5.96. The summed E-state index contributed by atoms with van der Waals surface area (Å²) in [6, 6.07) is 7.39. The second-order valence-electron chi connectivity index (χ2n) is 6.46. The standard InChI is InChI=1S/C20H20N6O2/c1-28-18-5-8-22-12-16(18)19(27)24-15-6-10-26(13-15)20-23-9-4-17(25-20)14-3-2-7-21-11-14/h2-5,7-9,11-12,15H,6,10,13H2,1H3,(H,24,27). The molecule has 3 aromatic rings. The van der Waals surface area contributed by atoms with Crippen LogP contribution in [-0.2, 0) is 0 Å². The number of rotatable bonds is 5. The average Bonchev–Trinajstić information content (AvgIpc) is 3.23. The molecule has 0 bridgehead atoms. The molecular weight excluding hydrogens is 356 g/mol. The predicted octanol–water partition coefficient (Wildman–Crippen LogP) is 1.95. The van der Waals surface area contributed by atoms with Gasteiger partial charge in [0.15, 0.2) is 0 Å². The number of anilines is 1. The second-order valence-corrected chi connectivity index (χ2v) is 6.46. The first kappa shape index (κ1) is 17.8. The van der Waals surface area contributed by atoms with Crippen molar-refractivity contribution in [2.45, 2.75) is 12.5 Å². The molecule has 142 valence electrons. The van der Waals surface area contributed by atoms with Crippen LogP contribution in [0.25, 0.3) is 11.3 Å². The second kappa shape index (κ2) is 7.99. The van der Waals surface area contributed by atoms with E-state index >= 15 is 0 Å². The van der Waals surface area contributed by atoms with Gasteiger partial charge in [0.2, 0.25) is 5.95 Å². The zero-order valence-electron chi connectivity index (χ0n) is 15.4. The Morgan fingerprint density at radius 1 is 1.18 bits per heavy atom. The maximum atomic E-state index is 12.6. The van der Waals surface area contributed by atoms with Gasteiger partial charge in [0.05, 0.1) is 18.4 Å². The minimum absolute atomic E-state index is 0.00283. The number of nitrogens with zero attached hydrogens (tertiary/aromatic N) is 5. The summed E-state index contributed by atoms with van der Waals surface area (Å²) in [7, 11) is 1.54. The number of carbonyl (C=O) groups excluding carboxylic acids is 1. The van der Waals surface area contributed by atoms with Crippen LogP contribution < -0.4 is 15.0 Å². The molecule has 1 amide bonds. The van der Waals surface area contributed by atoms with Crippen LogP contribution in [0.1, 0.15) is 16.8 Å². The molecule has 8 heteroatoms. The summed E-state index contributed by atoms with van der Waals surface area (Å²) in [5.74, 6) is 0.966. The maximum Gasteiger partial charge on any atom is 0.256 e. The molecule has 0 saturated carbocycles. The van der Waals surface area contributed by atoms with Crippen molar-refractivity contribution >= 4 is 11.9 Å². The van der Waals surface area contributed by atoms with Crippen molar-refractivity contribution in [3.8, 4) is 17.0 Å². The lowest BCUT2D eigenvalue weighted by atomic mass is 10.2. The number of aromatic nitrogens is 4. The van der Waals surface area contributed by atoms with Crippen LogP contribution in [0.2, 0.25) is 0 Å². The lowest BCUT2D eigenvalue weighted by molar-refractivity contribution is 0.0937. The first-order chi connectivity index (χ1) is 13.7. The smallest absolute Gasteiger partial charge is 0.256 e. The molecule has 1 atom stereocenters. The van der Waals surface area contributed by atoms with Crippen molar-refractivity contribution in [2.75, 3.05) is 25.1 Å². The van der Waals surface area contributed by atoms with Crippen molar-refractivity contribution in [1.82, 2.24) is 25.3 Å². The molecule has 3 aromatic heterocycles. The highest BCUT2D eigenvalue weighted by Crippen LogP contribution is 2.22. The Hall–Kier alpha value is -3.55. The molecule has 1 fully saturated rings. The molecular formula is C20H20N6O2. The summed E-state index contributed by atoms with van der Waals surface area (Å²) in [5, 5.41) is 3.05. The first-order valence-electron chi connectivity index (χ1n) is 9.02. The van der Waals surface area contributed by atoms with Crippen LogP contribution >= 0.6 is 0 Å². The summed E-state index contributed by atoms with van der Waals surface area (Å²) < 4.78 is 5.24. The largest absolute Gasteiger partial charge is 0.496 e. The molecule has 0 radical (unpaired) electrons. The normalized spacial score (nSPS) is 16.0. The third-order valence-corrected chi connectivity index (χ3v) is 4.65. The lowest BCUT2D eigenvalue weighted by Gasteiger charge is -2.18. The summed E-state index contributed by atoms with van der Waals surface area (Å²) in [6.07, 6.45) is 9.18. The van der Waals surface area contributed by atoms with E-state index in [0.717, 1.165) is 24.2 Å². The van der Waals surface area contributed by atoms with E-state index in [0.29, 0.717) is 23.8 Å². The number of carbonyl (C=O) groups is 1. The summed E-state index contributed by atoms with van der Waals surface area (Å²) in [5.41, 5.74) is 2.20. The van der Waals surface area contributed by atoms with E-state index in [2.05, 4.69) is 30.2 Å². The molecule has 1 saturated heterocycles. The fraction of sp³-hybridized carbons (Fsp3) is 0.250. The zero-order valence-corrected chi connectivity index (χ0v) is 15.4. The quantitative estimate of drug-likeness (QED) is 0.727. The Morgan fingerprint density at radius 2 is 2.07 bits per heavy atom. The SMILES string of the molecule is COc1ccncc1C(=O)NC1CCN(c2nccc(-c3cccnc3)n2)C1. The number of nitrogens with one attached hydrogen (secondary N) is 1. The summed E-state index contributed by atoms with van der Waals surface area (Å²) in [4.78, 5) is 31.9. The van der Waals surface area contributed by atoms with Gasteiger partial charge in [-0.25, -0.2) is 9.97 Å². The highest BCUT2D eigenvalue weighted by Gasteiger charge is 2.27. The van der Waals surface area contributed by atoms with E-state index in [9.17, 15) is 4.79 Å².